The van der Waals surface area contributed by atoms with Crippen molar-refractivity contribution < 1.29 is 13.9 Å². The lowest BCUT2D eigenvalue weighted by molar-refractivity contribution is 0.0536. The van der Waals surface area contributed by atoms with Gasteiger partial charge in [0.2, 0.25) is 5.89 Å². The van der Waals surface area contributed by atoms with Crippen molar-refractivity contribution in [2.24, 2.45) is 10.9 Å². The van der Waals surface area contributed by atoms with Crippen LogP contribution in [0.25, 0.3) is 11.5 Å². The van der Waals surface area contributed by atoms with Crippen LogP contribution < -0.4 is 5.32 Å². The number of rotatable bonds is 9. The Balaban J connectivity index is 0.00000320. The molecule has 1 saturated heterocycles. The molecule has 1 aliphatic heterocycles. The second kappa shape index (κ2) is 12.9. The Morgan fingerprint density at radius 3 is 2.83 bits per heavy atom. The molecule has 1 N–H and O–H groups in total. The Morgan fingerprint density at radius 2 is 2.10 bits per heavy atom. The highest BCUT2D eigenvalue weighted by atomic mass is 127. The summed E-state index contributed by atoms with van der Waals surface area (Å²) in [5, 5.41) is 3.39. The maximum absolute atomic E-state index is 5.69. The van der Waals surface area contributed by atoms with Gasteiger partial charge in [-0.15, -0.1) is 24.0 Å². The molecule has 1 aromatic carbocycles. The third-order valence-electron chi connectivity index (χ3n) is 4.95. The Hall–Kier alpha value is -1.65. The molecular weight excluding hydrogens is 495 g/mol. The molecule has 1 fully saturated rings. The minimum absolute atomic E-state index is 0. The summed E-state index contributed by atoms with van der Waals surface area (Å²) in [5.74, 6) is 2.08. The van der Waals surface area contributed by atoms with E-state index >= 15 is 0 Å². The van der Waals surface area contributed by atoms with E-state index in [1.165, 1.54) is 5.56 Å². The van der Waals surface area contributed by atoms with Crippen LogP contribution in [0.1, 0.15) is 24.6 Å². The highest BCUT2D eigenvalue weighted by Crippen LogP contribution is 2.20. The normalized spacial score (nSPS) is 16.6. The monoisotopic (exact) mass is 528 g/mol. The number of ether oxygens (including phenoxy) is 2. The highest BCUT2D eigenvalue weighted by Gasteiger charge is 2.25. The molecule has 0 bridgehead atoms. The van der Waals surface area contributed by atoms with Gasteiger partial charge in [-0.2, -0.15) is 0 Å². The lowest BCUT2D eigenvalue weighted by Crippen LogP contribution is -2.40. The van der Waals surface area contributed by atoms with Crippen LogP contribution in [-0.2, 0) is 16.0 Å². The molecule has 1 unspecified atom stereocenters. The maximum atomic E-state index is 5.69. The van der Waals surface area contributed by atoms with Crippen LogP contribution in [0.5, 0.6) is 0 Å². The van der Waals surface area contributed by atoms with Gasteiger partial charge in [0.15, 0.2) is 5.96 Å². The zero-order valence-corrected chi connectivity index (χ0v) is 20.4. The SMILES string of the molecule is CCNC(=NCc1coc(-c2ccc(C)cc2)n1)N1CCC(COCCOC)C1.I. The molecule has 0 aliphatic carbocycles. The van der Waals surface area contributed by atoms with Crippen molar-refractivity contribution in [3.63, 3.8) is 0 Å². The van der Waals surface area contributed by atoms with Crippen molar-refractivity contribution in [1.82, 2.24) is 15.2 Å². The second-order valence-corrected chi connectivity index (χ2v) is 7.35. The number of aryl methyl sites for hydroxylation is 1. The highest BCUT2D eigenvalue weighted by molar-refractivity contribution is 14.0. The topological polar surface area (TPSA) is 72.1 Å². The van der Waals surface area contributed by atoms with Gasteiger partial charge in [0.1, 0.15) is 12.0 Å². The summed E-state index contributed by atoms with van der Waals surface area (Å²) in [4.78, 5) is 11.7. The molecule has 0 saturated carbocycles. The summed E-state index contributed by atoms with van der Waals surface area (Å²) < 4.78 is 16.4. The molecule has 166 valence electrons. The summed E-state index contributed by atoms with van der Waals surface area (Å²) in [5.41, 5.74) is 3.02. The van der Waals surface area contributed by atoms with Gasteiger partial charge in [0.05, 0.1) is 26.4 Å². The largest absolute Gasteiger partial charge is 0.444 e. The molecule has 0 spiro atoms. The van der Waals surface area contributed by atoms with E-state index in [9.17, 15) is 0 Å². The lowest BCUT2D eigenvalue weighted by atomic mass is 10.1. The number of hydrogen-bond donors (Lipinski definition) is 1. The minimum Gasteiger partial charge on any atom is -0.444 e. The van der Waals surface area contributed by atoms with Gasteiger partial charge in [0, 0.05) is 38.2 Å². The van der Waals surface area contributed by atoms with Gasteiger partial charge in [-0.1, -0.05) is 17.7 Å². The number of guanidine groups is 1. The Bertz CT molecular complexity index is 779. The van der Waals surface area contributed by atoms with Crippen LogP contribution in [-0.4, -0.2) is 62.4 Å². The molecule has 1 aliphatic rings. The van der Waals surface area contributed by atoms with E-state index in [0.717, 1.165) is 49.9 Å². The molecule has 0 radical (unpaired) electrons. The maximum Gasteiger partial charge on any atom is 0.226 e. The molecule has 0 amide bonds. The van der Waals surface area contributed by atoms with Crippen LogP contribution in [0.2, 0.25) is 0 Å². The number of methoxy groups -OCH3 is 1. The van der Waals surface area contributed by atoms with Crippen molar-refractivity contribution >= 4 is 29.9 Å². The molecule has 2 aromatic rings. The summed E-state index contributed by atoms with van der Waals surface area (Å²) in [6.45, 7) is 9.46. The van der Waals surface area contributed by atoms with Crippen LogP contribution in [0.4, 0.5) is 0 Å². The van der Waals surface area contributed by atoms with Crippen LogP contribution in [0.15, 0.2) is 39.9 Å². The summed E-state index contributed by atoms with van der Waals surface area (Å²) in [6.07, 6.45) is 2.80. The van der Waals surface area contributed by atoms with E-state index in [2.05, 4.69) is 41.2 Å². The first-order valence-corrected chi connectivity index (χ1v) is 10.3. The fourth-order valence-electron chi connectivity index (χ4n) is 3.34. The first-order chi connectivity index (χ1) is 14.2. The fraction of sp³-hybridized carbons (Fsp3) is 0.545. The molecule has 7 nitrogen and oxygen atoms in total. The predicted octanol–water partition coefficient (Wildman–Crippen LogP) is 3.72. The Labute approximate surface area is 196 Å². The standard InChI is InChI=1S/C22H32N4O3.HI/c1-4-23-22(26-10-9-18(14-26)15-28-12-11-27-3)24-13-20-16-29-21(25-20)19-7-5-17(2)6-8-19;/h5-8,16,18H,4,9-15H2,1-3H3,(H,23,24);1H. The Morgan fingerprint density at radius 1 is 1.30 bits per heavy atom. The number of hydrogen-bond acceptors (Lipinski definition) is 5. The van der Waals surface area contributed by atoms with Crippen molar-refractivity contribution in [2.75, 3.05) is 46.6 Å². The van der Waals surface area contributed by atoms with Gasteiger partial charge >= 0.3 is 0 Å². The van der Waals surface area contributed by atoms with E-state index in [1.54, 1.807) is 13.4 Å². The average molecular weight is 528 g/mol. The fourth-order valence-corrected chi connectivity index (χ4v) is 3.34. The van der Waals surface area contributed by atoms with Crippen molar-refractivity contribution in [3.8, 4) is 11.5 Å². The lowest BCUT2D eigenvalue weighted by Gasteiger charge is -2.21. The number of benzene rings is 1. The van der Waals surface area contributed by atoms with Crippen molar-refractivity contribution in [3.05, 3.63) is 41.8 Å². The summed E-state index contributed by atoms with van der Waals surface area (Å²) in [6, 6.07) is 8.17. The number of oxazole rings is 1. The predicted molar refractivity (Wildman–Crippen MR) is 129 cm³/mol. The molecular formula is C22H33IN4O3. The van der Waals surface area contributed by atoms with Gasteiger partial charge in [-0.25, -0.2) is 9.98 Å². The Kier molecular flexibility index (Phi) is 10.6. The van der Waals surface area contributed by atoms with Gasteiger partial charge in [-0.3, -0.25) is 0 Å². The van der Waals surface area contributed by atoms with E-state index in [-0.39, 0.29) is 24.0 Å². The number of aromatic nitrogens is 1. The quantitative estimate of drug-likeness (QED) is 0.232. The molecule has 1 aromatic heterocycles. The summed E-state index contributed by atoms with van der Waals surface area (Å²) in [7, 11) is 1.69. The van der Waals surface area contributed by atoms with Gasteiger partial charge in [0.25, 0.3) is 0 Å². The van der Waals surface area contributed by atoms with Crippen LogP contribution in [0.3, 0.4) is 0 Å². The molecule has 1 atom stereocenters. The number of halogens is 1. The number of likely N-dealkylation sites (tertiary alicyclic amines) is 1. The number of aliphatic imine (C=N–C) groups is 1. The zero-order valence-electron chi connectivity index (χ0n) is 18.1. The summed E-state index contributed by atoms with van der Waals surface area (Å²) >= 11 is 0. The average Bonchev–Trinajstić information content (AvgIpc) is 3.39. The number of nitrogens with zero attached hydrogens (tertiary/aromatic N) is 3. The third-order valence-corrected chi connectivity index (χ3v) is 4.95. The number of nitrogens with one attached hydrogen (secondary N) is 1. The second-order valence-electron chi connectivity index (χ2n) is 7.35. The molecule has 3 rings (SSSR count). The smallest absolute Gasteiger partial charge is 0.226 e. The van der Waals surface area contributed by atoms with Crippen molar-refractivity contribution in [1.29, 1.82) is 0 Å². The molecule has 30 heavy (non-hydrogen) atoms. The minimum atomic E-state index is 0. The first kappa shape index (κ1) is 24.6. The van der Waals surface area contributed by atoms with E-state index in [4.69, 9.17) is 18.9 Å². The van der Waals surface area contributed by atoms with Gasteiger partial charge < -0.3 is 24.1 Å². The first-order valence-electron chi connectivity index (χ1n) is 10.3. The van der Waals surface area contributed by atoms with Crippen LogP contribution in [0, 0.1) is 12.8 Å². The van der Waals surface area contributed by atoms with E-state index in [0.29, 0.717) is 31.6 Å². The molecule has 2 heterocycles. The molecule has 8 heteroatoms. The van der Waals surface area contributed by atoms with Gasteiger partial charge in [-0.05, 0) is 32.4 Å². The van der Waals surface area contributed by atoms with Crippen molar-refractivity contribution in [2.45, 2.75) is 26.8 Å². The van der Waals surface area contributed by atoms with E-state index < -0.39 is 0 Å². The third kappa shape index (κ3) is 7.24. The van der Waals surface area contributed by atoms with Crippen LogP contribution >= 0.6 is 24.0 Å². The zero-order chi connectivity index (χ0) is 20.5. The van der Waals surface area contributed by atoms with E-state index in [1.807, 2.05) is 12.1 Å².